The third-order valence-electron chi connectivity index (χ3n) is 5.88. The number of hydrogen-bond acceptors (Lipinski definition) is 8. The fourth-order valence-corrected chi connectivity index (χ4v) is 5.26. The zero-order chi connectivity index (χ0) is 25.9. The Bertz CT molecular complexity index is 1210. The first-order valence-corrected chi connectivity index (χ1v) is 11.9. The summed E-state index contributed by atoms with van der Waals surface area (Å²) in [6.07, 6.45) is 1.70. The maximum Gasteiger partial charge on any atom is 0.337 e. The molecule has 1 N–H and O–H groups in total. The van der Waals surface area contributed by atoms with Gasteiger partial charge in [0.25, 0.3) is 0 Å². The largest absolute Gasteiger partial charge is 0.465 e. The number of benzene rings is 2. The molecule has 0 unspecified atom stereocenters. The molecule has 36 heavy (non-hydrogen) atoms. The lowest BCUT2D eigenvalue weighted by molar-refractivity contribution is -0.181. The molecule has 2 heterocycles. The fraction of sp³-hybridized carbons (Fsp3) is 0.375. The van der Waals surface area contributed by atoms with Crippen molar-refractivity contribution in [2.24, 2.45) is 0 Å². The number of aromatic nitrogens is 3. The van der Waals surface area contributed by atoms with Crippen LogP contribution in [0.25, 0.3) is 0 Å². The van der Waals surface area contributed by atoms with Crippen molar-refractivity contribution in [1.29, 1.82) is 0 Å². The van der Waals surface area contributed by atoms with Crippen LogP contribution < -0.4 is 0 Å². The van der Waals surface area contributed by atoms with Gasteiger partial charge in [-0.2, -0.15) is 5.10 Å². The zero-order valence-corrected chi connectivity index (χ0v) is 20.3. The molecule has 1 aromatic heterocycles. The molecule has 3 aromatic rings. The number of ether oxygens (including phenoxy) is 3. The molecule has 8 nitrogen and oxygen atoms in total. The molecular weight excluding hydrogens is 499 g/mol. The molecule has 1 aliphatic rings. The lowest BCUT2D eigenvalue weighted by atomic mass is 9.90. The minimum atomic E-state index is -1.77. The van der Waals surface area contributed by atoms with E-state index in [0.717, 1.165) is 18.2 Å². The number of rotatable bonds is 8. The van der Waals surface area contributed by atoms with E-state index in [-0.39, 0.29) is 41.7 Å². The van der Waals surface area contributed by atoms with E-state index in [0.29, 0.717) is 0 Å². The predicted molar refractivity (Wildman–Crippen MR) is 124 cm³/mol. The van der Waals surface area contributed by atoms with E-state index in [1.807, 2.05) is 0 Å². The summed E-state index contributed by atoms with van der Waals surface area (Å²) in [4.78, 5) is 15.5. The highest BCUT2D eigenvalue weighted by Gasteiger charge is 2.41. The second-order valence-electron chi connectivity index (χ2n) is 8.27. The van der Waals surface area contributed by atoms with E-state index in [1.54, 1.807) is 6.92 Å². The maximum atomic E-state index is 14.7. The van der Waals surface area contributed by atoms with Gasteiger partial charge in [-0.1, -0.05) is 19.1 Å². The summed E-state index contributed by atoms with van der Waals surface area (Å²) in [5.74, 6) is -2.97. The molecule has 4 rings (SSSR count). The smallest absolute Gasteiger partial charge is 0.337 e. The topological polar surface area (TPSA) is 95.7 Å². The second kappa shape index (κ2) is 11.0. The number of nitrogens with zero attached hydrogens (tertiary/aromatic N) is 3. The average Bonchev–Trinajstić information content (AvgIpc) is 3.36. The van der Waals surface area contributed by atoms with Gasteiger partial charge in [0.2, 0.25) is 0 Å². The van der Waals surface area contributed by atoms with Gasteiger partial charge in [0.15, 0.2) is 6.29 Å². The molecule has 0 radical (unpaired) electrons. The highest BCUT2D eigenvalue weighted by Crippen LogP contribution is 2.39. The zero-order valence-electron chi connectivity index (χ0n) is 19.4. The third-order valence-corrected chi connectivity index (χ3v) is 7.33. The normalized spacial score (nSPS) is 20.5. The van der Waals surface area contributed by atoms with E-state index in [9.17, 15) is 23.1 Å². The second-order valence-corrected chi connectivity index (χ2v) is 9.91. The summed E-state index contributed by atoms with van der Waals surface area (Å²) in [6, 6.07) is 6.88. The lowest BCUT2D eigenvalue weighted by Gasteiger charge is -2.37. The van der Waals surface area contributed by atoms with Crippen molar-refractivity contribution >= 4 is 17.7 Å². The number of methoxy groups -OCH3 is 1. The first kappa shape index (κ1) is 26.1. The van der Waals surface area contributed by atoms with Crippen molar-refractivity contribution in [2.45, 2.75) is 35.9 Å². The van der Waals surface area contributed by atoms with Crippen molar-refractivity contribution < 1.29 is 37.3 Å². The van der Waals surface area contributed by atoms with E-state index in [1.165, 1.54) is 54.4 Å². The van der Waals surface area contributed by atoms with Crippen LogP contribution in [0, 0.1) is 17.5 Å². The van der Waals surface area contributed by atoms with Gasteiger partial charge in [-0.3, -0.25) is 0 Å². The number of esters is 1. The Morgan fingerprint density at radius 1 is 1.22 bits per heavy atom. The molecule has 2 aromatic carbocycles. The molecular formula is C24H24F3N3O5S. The van der Waals surface area contributed by atoms with Crippen LogP contribution in [-0.4, -0.2) is 56.7 Å². The summed E-state index contributed by atoms with van der Waals surface area (Å²) >= 11 is 1.29. The quantitative estimate of drug-likeness (QED) is 0.448. The molecule has 2 atom stereocenters. The molecule has 1 fully saturated rings. The van der Waals surface area contributed by atoms with Crippen molar-refractivity contribution in [1.82, 2.24) is 14.8 Å². The van der Waals surface area contributed by atoms with Gasteiger partial charge in [0.1, 0.15) is 35.7 Å². The number of halogens is 3. The van der Waals surface area contributed by atoms with Gasteiger partial charge in [0.05, 0.1) is 37.7 Å². The van der Waals surface area contributed by atoms with E-state index in [4.69, 9.17) is 9.47 Å². The van der Waals surface area contributed by atoms with Crippen LogP contribution in [0.2, 0.25) is 0 Å². The minimum absolute atomic E-state index is 0.0662. The minimum Gasteiger partial charge on any atom is -0.465 e. The molecule has 12 heteroatoms. The number of hydrogen-bond donors (Lipinski definition) is 1. The summed E-state index contributed by atoms with van der Waals surface area (Å²) in [7, 11) is 1.21. The summed E-state index contributed by atoms with van der Waals surface area (Å²) in [5, 5.41) is 14.7. The predicted octanol–water partition coefficient (Wildman–Crippen LogP) is 3.61. The van der Waals surface area contributed by atoms with Crippen LogP contribution >= 0.6 is 11.8 Å². The molecule has 0 amide bonds. The first-order chi connectivity index (χ1) is 17.2. The Labute approximate surface area is 209 Å². The van der Waals surface area contributed by atoms with Gasteiger partial charge >= 0.3 is 5.97 Å². The Morgan fingerprint density at radius 2 is 1.97 bits per heavy atom. The van der Waals surface area contributed by atoms with Crippen LogP contribution in [0.1, 0.15) is 34.7 Å². The Kier molecular flexibility index (Phi) is 7.98. The van der Waals surface area contributed by atoms with Crippen LogP contribution in [-0.2, 0) is 26.4 Å². The maximum absolute atomic E-state index is 14.7. The summed E-state index contributed by atoms with van der Waals surface area (Å²) < 4.78 is 60.2. The van der Waals surface area contributed by atoms with Gasteiger partial charge in [-0.15, -0.1) is 11.8 Å². The van der Waals surface area contributed by atoms with Crippen LogP contribution in [0.3, 0.4) is 0 Å². The molecule has 0 saturated carbocycles. The molecule has 0 spiro atoms. The van der Waals surface area contributed by atoms with E-state index in [2.05, 4.69) is 14.8 Å². The monoisotopic (exact) mass is 523 g/mol. The van der Waals surface area contributed by atoms with Crippen molar-refractivity contribution in [3.8, 4) is 0 Å². The van der Waals surface area contributed by atoms with Gasteiger partial charge in [-0.25, -0.2) is 27.6 Å². The third kappa shape index (κ3) is 5.56. The summed E-state index contributed by atoms with van der Waals surface area (Å²) in [6.45, 7) is 1.90. The lowest BCUT2D eigenvalue weighted by Crippen LogP contribution is -2.43. The highest BCUT2D eigenvalue weighted by molar-refractivity contribution is 8.00. The van der Waals surface area contributed by atoms with Crippen LogP contribution in [0.15, 0.2) is 49.1 Å². The number of carbonyl (C=O) groups is 1. The van der Waals surface area contributed by atoms with Gasteiger partial charge in [-0.05, 0) is 18.2 Å². The van der Waals surface area contributed by atoms with Crippen LogP contribution in [0.4, 0.5) is 13.2 Å². The standard InChI is InChI=1S/C24H24F3N3O5S/c1-14(24(32,11-30-13-28-12-29-30)19-6-4-16(25)8-21(19)27)36-17-9-34-23(35-10-17)18-5-3-15(7-20(18)26)22(31)33-2/h3-8,12-14,17,23,32H,9-11H2,1-2H3/t14-,17-,23-,24-/m1/s1. The SMILES string of the molecule is COC(=O)c1ccc([C@H]2OC[C@H](S[C@H](C)[C@](O)(Cn3cncn3)c3ccc(F)cc3F)CO2)c(F)c1. The fourth-order valence-electron chi connectivity index (χ4n) is 3.94. The number of thioether (sulfide) groups is 1. The van der Waals surface area contributed by atoms with Crippen LogP contribution in [0.5, 0.6) is 0 Å². The number of aliphatic hydroxyl groups is 1. The Hall–Kier alpha value is -2.93. The summed E-state index contributed by atoms with van der Waals surface area (Å²) in [5.41, 5.74) is -1.66. The first-order valence-electron chi connectivity index (χ1n) is 11.0. The Morgan fingerprint density at radius 3 is 2.58 bits per heavy atom. The van der Waals surface area contributed by atoms with Gasteiger partial charge in [0, 0.05) is 22.4 Å². The number of carbonyl (C=O) groups excluding carboxylic acids is 1. The van der Waals surface area contributed by atoms with Crippen molar-refractivity contribution in [2.75, 3.05) is 20.3 Å². The van der Waals surface area contributed by atoms with Crippen molar-refractivity contribution in [3.63, 3.8) is 0 Å². The molecule has 0 bridgehead atoms. The molecule has 192 valence electrons. The average molecular weight is 524 g/mol. The van der Waals surface area contributed by atoms with E-state index < -0.39 is 40.6 Å². The van der Waals surface area contributed by atoms with Crippen molar-refractivity contribution in [3.05, 3.63) is 83.2 Å². The molecule has 1 saturated heterocycles. The van der Waals surface area contributed by atoms with Gasteiger partial charge < -0.3 is 19.3 Å². The highest BCUT2D eigenvalue weighted by atomic mass is 32.2. The molecule has 1 aliphatic heterocycles. The Balaban J connectivity index is 1.46. The van der Waals surface area contributed by atoms with E-state index >= 15 is 0 Å². The molecule has 0 aliphatic carbocycles.